The Morgan fingerprint density at radius 2 is 1.96 bits per heavy atom. The molecule has 1 aliphatic rings. The first-order valence-electron chi connectivity index (χ1n) is 9.19. The Bertz CT molecular complexity index is 1000. The molecule has 134 valence electrons. The molecular formula is C22H25N3O. The zero-order chi connectivity index (χ0) is 18.3. The van der Waals surface area contributed by atoms with Gasteiger partial charge in [-0.15, -0.1) is 0 Å². The van der Waals surface area contributed by atoms with Crippen LogP contribution in [0.15, 0.2) is 48.5 Å². The van der Waals surface area contributed by atoms with E-state index in [4.69, 9.17) is 0 Å². The number of aliphatic hydroxyl groups is 1. The molecule has 26 heavy (non-hydrogen) atoms. The average Bonchev–Trinajstić information content (AvgIpc) is 2.92. The van der Waals surface area contributed by atoms with Crippen molar-refractivity contribution in [3.63, 3.8) is 0 Å². The standard InChI is InChI=1S/C22H25N3O/c1-4-19(26)14-25-16(3)15(2)20-11-23-12-21(22(20)25)24-10-9-17-7-5-6-8-18(17)13-24/h4-8,11-12,26H,9-10,13-14H2,1-3H3. The molecule has 0 saturated heterocycles. The number of hydrogen-bond donors (Lipinski definition) is 1. The lowest BCUT2D eigenvalue weighted by Crippen LogP contribution is -2.30. The van der Waals surface area contributed by atoms with Crippen molar-refractivity contribution in [2.45, 2.75) is 40.3 Å². The summed E-state index contributed by atoms with van der Waals surface area (Å²) in [6.07, 6.45) is 6.73. The van der Waals surface area contributed by atoms with Crippen molar-refractivity contribution in [2.24, 2.45) is 0 Å². The molecule has 0 radical (unpaired) electrons. The fraction of sp³-hybridized carbons (Fsp3) is 0.318. The molecule has 0 aliphatic carbocycles. The maximum Gasteiger partial charge on any atom is 0.108 e. The van der Waals surface area contributed by atoms with Crippen LogP contribution in [0, 0.1) is 13.8 Å². The van der Waals surface area contributed by atoms with Gasteiger partial charge in [0.15, 0.2) is 0 Å². The SMILES string of the molecule is CC=C(O)Cn1c(C)c(C)c2cncc(N3CCc4ccccc4C3)c21. The molecular weight excluding hydrogens is 322 g/mol. The van der Waals surface area contributed by atoms with E-state index in [0.29, 0.717) is 12.3 Å². The van der Waals surface area contributed by atoms with Crippen LogP contribution in [-0.2, 0) is 19.5 Å². The van der Waals surface area contributed by atoms with E-state index in [-0.39, 0.29) is 0 Å². The van der Waals surface area contributed by atoms with E-state index in [1.54, 1.807) is 6.08 Å². The molecule has 4 nitrogen and oxygen atoms in total. The number of rotatable bonds is 3. The highest BCUT2D eigenvalue weighted by molar-refractivity contribution is 5.94. The van der Waals surface area contributed by atoms with Gasteiger partial charge < -0.3 is 14.6 Å². The Labute approximate surface area is 154 Å². The minimum Gasteiger partial charge on any atom is -0.511 e. The predicted octanol–water partition coefficient (Wildman–Crippen LogP) is 4.68. The molecule has 1 aromatic carbocycles. The molecule has 2 aromatic heterocycles. The Morgan fingerprint density at radius 3 is 2.73 bits per heavy atom. The predicted molar refractivity (Wildman–Crippen MR) is 107 cm³/mol. The summed E-state index contributed by atoms with van der Waals surface area (Å²) in [4.78, 5) is 6.94. The summed E-state index contributed by atoms with van der Waals surface area (Å²) in [5.41, 5.74) is 7.56. The van der Waals surface area contributed by atoms with Crippen LogP contribution in [0.1, 0.15) is 29.3 Å². The van der Waals surface area contributed by atoms with Gasteiger partial charge in [0.1, 0.15) is 5.76 Å². The number of fused-ring (bicyclic) bond motifs is 2. The summed E-state index contributed by atoms with van der Waals surface area (Å²) >= 11 is 0. The number of hydrogen-bond acceptors (Lipinski definition) is 3. The number of benzene rings is 1. The van der Waals surface area contributed by atoms with Crippen molar-refractivity contribution in [2.75, 3.05) is 11.4 Å². The molecule has 0 amide bonds. The van der Waals surface area contributed by atoms with E-state index in [0.717, 1.165) is 25.2 Å². The van der Waals surface area contributed by atoms with Gasteiger partial charge in [0.2, 0.25) is 0 Å². The summed E-state index contributed by atoms with van der Waals surface area (Å²) in [5.74, 6) is 0.386. The number of aromatic nitrogens is 2. The summed E-state index contributed by atoms with van der Waals surface area (Å²) in [7, 11) is 0. The second-order valence-electron chi connectivity index (χ2n) is 7.07. The molecule has 0 spiro atoms. The van der Waals surface area contributed by atoms with Crippen LogP contribution in [0.4, 0.5) is 5.69 Å². The lowest BCUT2D eigenvalue weighted by atomic mass is 9.99. The van der Waals surface area contributed by atoms with Crippen molar-refractivity contribution in [3.8, 4) is 0 Å². The number of aliphatic hydroxyl groups excluding tert-OH is 1. The highest BCUT2D eigenvalue weighted by atomic mass is 16.3. The van der Waals surface area contributed by atoms with E-state index >= 15 is 0 Å². The van der Waals surface area contributed by atoms with Crippen LogP contribution in [-0.4, -0.2) is 21.2 Å². The Kier molecular flexibility index (Phi) is 4.19. The smallest absolute Gasteiger partial charge is 0.108 e. The zero-order valence-electron chi connectivity index (χ0n) is 15.7. The van der Waals surface area contributed by atoms with Gasteiger partial charge in [-0.25, -0.2) is 0 Å². The molecule has 3 heterocycles. The minimum absolute atomic E-state index is 0.386. The number of anilines is 1. The third kappa shape index (κ3) is 2.66. The van der Waals surface area contributed by atoms with Crippen molar-refractivity contribution < 1.29 is 5.11 Å². The fourth-order valence-electron chi connectivity index (χ4n) is 3.95. The van der Waals surface area contributed by atoms with Gasteiger partial charge in [-0.3, -0.25) is 4.98 Å². The van der Waals surface area contributed by atoms with Crippen LogP contribution in [0.2, 0.25) is 0 Å². The van der Waals surface area contributed by atoms with E-state index in [2.05, 4.69) is 52.6 Å². The lowest BCUT2D eigenvalue weighted by molar-refractivity contribution is 0.375. The molecule has 4 rings (SSSR count). The van der Waals surface area contributed by atoms with E-state index in [9.17, 15) is 5.11 Å². The van der Waals surface area contributed by atoms with Gasteiger partial charge in [-0.05, 0) is 50.0 Å². The summed E-state index contributed by atoms with van der Waals surface area (Å²) < 4.78 is 2.22. The Balaban J connectivity index is 1.85. The topological polar surface area (TPSA) is 41.3 Å². The first kappa shape index (κ1) is 16.7. The lowest BCUT2D eigenvalue weighted by Gasteiger charge is -2.31. The summed E-state index contributed by atoms with van der Waals surface area (Å²) in [6, 6.07) is 8.68. The van der Waals surface area contributed by atoms with Crippen molar-refractivity contribution in [1.82, 2.24) is 9.55 Å². The molecule has 1 aliphatic heterocycles. The van der Waals surface area contributed by atoms with E-state index in [1.165, 1.54) is 33.3 Å². The molecule has 0 bridgehead atoms. The summed E-state index contributed by atoms with van der Waals surface area (Å²) in [5, 5.41) is 11.3. The Hall–Kier alpha value is -2.75. The molecule has 0 unspecified atom stereocenters. The van der Waals surface area contributed by atoms with Crippen LogP contribution in [0.3, 0.4) is 0 Å². The Morgan fingerprint density at radius 1 is 1.19 bits per heavy atom. The summed E-state index contributed by atoms with van der Waals surface area (Å²) in [6.45, 7) is 8.50. The third-order valence-electron chi connectivity index (χ3n) is 5.64. The van der Waals surface area contributed by atoms with Gasteiger partial charge in [0.05, 0.1) is 23.9 Å². The molecule has 4 heteroatoms. The van der Waals surface area contributed by atoms with Crippen LogP contribution in [0.5, 0.6) is 0 Å². The van der Waals surface area contributed by atoms with E-state index in [1.807, 2.05) is 19.3 Å². The van der Waals surface area contributed by atoms with Crippen molar-refractivity contribution in [1.29, 1.82) is 0 Å². The number of allylic oxidation sites excluding steroid dienone is 2. The second kappa shape index (κ2) is 6.52. The first-order valence-corrected chi connectivity index (χ1v) is 9.19. The van der Waals surface area contributed by atoms with Gasteiger partial charge in [0, 0.05) is 30.4 Å². The van der Waals surface area contributed by atoms with Crippen LogP contribution in [0.25, 0.3) is 10.9 Å². The quantitative estimate of drug-likeness (QED) is 0.700. The van der Waals surface area contributed by atoms with Gasteiger partial charge in [0.25, 0.3) is 0 Å². The van der Waals surface area contributed by atoms with Gasteiger partial charge in [-0.2, -0.15) is 0 Å². The minimum atomic E-state index is 0.386. The zero-order valence-corrected chi connectivity index (χ0v) is 15.7. The molecule has 1 N–H and O–H groups in total. The normalized spacial score (nSPS) is 14.7. The number of pyridine rings is 1. The number of nitrogens with zero attached hydrogens (tertiary/aromatic N) is 3. The number of aryl methyl sites for hydroxylation is 1. The van der Waals surface area contributed by atoms with Gasteiger partial charge >= 0.3 is 0 Å². The van der Waals surface area contributed by atoms with Crippen molar-refractivity contribution in [3.05, 3.63) is 70.9 Å². The van der Waals surface area contributed by atoms with Crippen molar-refractivity contribution >= 4 is 16.6 Å². The average molecular weight is 347 g/mol. The first-order chi connectivity index (χ1) is 12.6. The molecule has 3 aromatic rings. The fourth-order valence-corrected chi connectivity index (χ4v) is 3.95. The highest BCUT2D eigenvalue weighted by Gasteiger charge is 2.22. The largest absolute Gasteiger partial charge is 0.511 e. The molecule has 0 atom stereocenters. The maximum atomic E-state index is 10.1. The highest BCUT2D eigenvalue weighted by Crippen LogP contribution is 2.34. The van der Waals surface area contributed by atoms with E-state index < -0.39 is 0 Å². The monoisotopic (exact) mass is 347 g/mol. The van der Waals surface area contributed by atoms with Gasteiger partial charge in [-0.1, -0.05) is 24.3 Å². The maximum absolute atomic E-state index is 10.1. The third-order valence-corrected chi connectivity index (χ3v) is 5.64. The van der Waals surface area contributed by atoms with Crippen LogP contribution >= 0.6 is 0 Å². The molecule has 0 saturated carbocycles. The molecule has 0 fully saturated rings. The second-order valence-corrected chi connectivity index (χ2v) is 7.07. The van der Waals surface area contributed by atoms with Crippen LogP contribution < -0.4 is 4.90 Å².